The van der Waals surface area contributed by atoms with E-state index in [0.29, 0.717) is 27.0 Å². The van der Waals surface area contributed by atoms with Gasteiger partial charge in [0.05, 0.1) is 5.02 Å². The summed E-state index contributed by atoms with van der Waals surface area (Å²) < 4.78 is 5.72. The third-order valence-electron chi connectivity index (χ3n) is 2.78. The standard InChI is InChI=1S/C14H9Cl2NO/c1-8-4-2-3-5-10(8)14-17-12-7-9(15)6-11(16)13(12)18-14/h2-7H,1H3. The lowest BCUT2D eigenvalue weighted by atomic mass is 10.1. The second-order valence-electron chi connectivity index (χ2n) is 4.07. The average Bonchev–Trinajstić information content (AvgIpc) is 2.73. The van der Waals surface area contributed by atoms with Gasteiger partial charge in [0.2, 0.25) is 5.89 Å². The molecule has 2 aromatic carbocycles. The molecule has 1 heterocycles. The minimum atomic E-state index is 0.477. The number of aromatic nitrogens is 1. The van der Waals surface area contributed by atoms with Gasteiger partial charge in [0.1, 0.15) is 5.52 Å². The Bertz CT molecular complexity index is 734. The lowest BCUT2D eigenvalue weighted by molar-refractivity contribution is 0.619. The van der Waals surface area contributed by atoms with E-state index in [2.05, 4.69) is 4.98 Å². The van der Waals surface area contributed by atoms with Gasteiger partial charge in [-0.25, -0.2) is 4.98 Å². The van der Waals surface area contributed by atoms with Gasteiger partial charge in [-0.1, -0.05) is 41.4 Å². The molecule has 0 fully saturated rings. The van der Waals surface area contributed by atoms with Crippen LogP contribution in [0, 0.1) is 6.92 Å². The second-order valence-corrected chi connectivity index (χ2v) is 4.91. The van der Waals surface area contributed by atoms with Crippen molar-refractivity contribution in [2.45, 2.75) is 6.92 Å². The van der Waals surface area contributed by atoms with Crippen LogP contribution in [-0.4, -0.2) is 4.98 Å². The Kier molecular flexibility index (Phi) is 2.77. The summed E-state index contributed by atoms with van der Waals surface area (Å²) in [4.78, 5) is 4.43. The van der Waals surface area contributed by atoms with Gasteiger partial charge in [0, 0.05) is 10.6 Å². The van der Waals surface area contributed by atoms with Crippen molar-refractivity contribution in [1.29, 1.82) is 0 Å². The number of halogens is 2. The number of hydrogen-bond donors (Lipinski definition) is 0. The van der Waals surface area contributed by atoms with E-state index in [1.54, 1.807) is 12.1 Å². The van der Waals surface area contributed by atoms with E-state index in [4.69, 9.17) is 27.6 Å². The lowest BCUT2D eigenvalue weighted by Crippen LogP contribution is -1.81. The normalized spacial score (nSPS) is 11.1. The zero-order valence-corrected chi connectivity index (χ0v) is 11.1. The molecule has 0 amide bonds. The van der Waals surface area contributed by atoms with Gasteiger partial charge in [-0.05, 0) is 30.7 Å². The zero-order valence-electron chi connectivity index (χ0n) is 9.58. The van der Waals surface area contributed by atoms with Crippen LogP contribution >= 0.6 is 23.2 Å². The third-order valence-corrected chi connectivity index (χ3v) is 3.28. The van der Waals surface area contributed by atoms with Crippen LogP contribution in [0.5, 0.6) is 0 Å². The molecule has 0 aliphatic carbocycles. The number of aryl methyl sites for hydroxylation is 1. The van der Waals surface area contributed by atoms with E-state index in [9.17, 15) is 0 Å². The predicted molar refractivity (Wildman–Crippen MR) is 74.2 cm³/mol. The maximum atomic E-state index is 6.08. The fourth-order valence-corrected chi connectivity index (χ4v) is 2.41. The van der Waals surface area contributed by atoms with Crippen LogP contribution in [0.15, 0.2) is 40.8 Å². The Hall–Kier alpha value is -1.51. The fraction of sp³-hybridized carbons (Fsp3) is 0.0714. The summed E-state index contributed by atoms with van der Waals surface area (Å²) in [7, 11) is 0. The van der Waals surface area contributed by atoms with Crippen molar-refractivity contribution >= 4 is 34.3 Å². The van der Waals surface area contributed by atoms with Gasteiger partial charge < -0.3 is 4.42 Å². The topological polar surface area (TPSA) is 26.0 Å². The van der Waals surface area contributed by atoms with Crippen LogP contribution in [0.2, 0.25) is 10.0 Å². The molecular weight excluding hydrogens is 269 g/mol. The molecule has 0 radical (unpaired) electrons. The zero-order chi connectivity index (χ0) is 12.7. The van der Waals surface area contributed by atoms with E-state index < -0.39 is 0 Å². The molecule has 0 saturated carbocycles. The molecule has 18 heavy (non-hydrogen) atoms. The first kappa shape index (κ1) is 11.6. The maximum absolute atomic E-state index is 6.08. The Morgan fingerprint density at radius 1 is 1.11 bits per heavy atom. The number of rotatable bonds is 1. The summed E-state index contributed by atoms with van der Waals surface area (Å²) in [5.74, 6) is 0.562. The Morgan fingerprint density at radius 3 is 2.67 bits per heavy atom. The number of nitrogens with zero attached hydrogens (tertiary/aromatic N) is 1. The van der Waals surface area contributed by atoms with Crippen molar-refractivity contribution in [3.8, 4) is 11.5 Å². The highest BCUT2D eigenvalue weighted by atomic mass is 35.5. The summed E-state index contributed by atoms with van der Waals surface area (Å²) >= 11 is 12.0. The minimum Gasteiger partial charge on any atom is -0.434 e. The van der Waals surface area contributed by atoms with Gasteiger partial charge >= 0.3 is 0 Å². The quantitative estimate of drug-likeness (QED) is 0.618. The van der Waals surface area contributed by atoms with Crippen molar-refractivity contribution in [2.24, 2.45) is 0 Å². The Balaban J connectivity index is 2.26. The highest BCUT2D eigenvalue weighted by molar-refractivity contribution is 6.38. The van der Waals surface area contributed by atoms with Gasteiger partial charge in [0.25, 0.3) is 0 Å². The highest BCUT2D eigenvalue weighted by Gasteiger charge is 2.13. The van der Waals surface area contributed by atoms with Crippen LogP contribution in [0.25, 0.3) is 22.6 Å². The van der Waals surface area contributed by atoms with E-state index in [1.165, 1.54) is 0 Å². The van der Waals surface area contributed by atoms with Crippen molar-refractivity contribution in [3.63, 3.8) is 0 Å². The van der Waals surface area contributed by atoms with Gasteiger partial charge in [-0.3, -0.25) is 0 Å². The molecule has 0 bridgehead atoms. The SMILES string of the molecule is Cc1ccccc1-c1nc2cc(Cl)cc(Cl)c2o1. The Labute approximate surface area is 114 Å². The largest absolute Gasteiger partial charge is 0.434 e. The van der Waals surface area contributed by atoms with E-state index in [1.807, 2.05) is 31.2 Å². The van der Waals surface area contributed by atoms with Crippen LogP contribution < -0.4 is 0 Å². The molecular formula is C14H9Cl2NO. The molecule has 3 rings (SSSR count). The van der Waals surface area contributed by atoms with Gasteiger partial charge in [0.15, 0.2) is 5.58 Å². The molecule has 0 aliphatic heterocycles. The fourth-order valence-electron chi connectivity index (χ4n) is 1.89. The van der Waals surface area contributed by atoms with Crippen molar-refractivity contribution < 1.29 is 4.42 Å². The summed E-state index contributed by atoms with van der Waals surface area (Å²) in [5.41, 5.74) is 3.30. The number of oxazole rings is 1. The minimum absolute atomic E-state index is 0.477. The first-order valence-corrected chi connectivity index (χ1v) is 6.22. The highest BCUT2D eigenvalue weighted by Crippen LogP contribution is 2.32. The van der Waals surface area contributed by atoms with Crippen LogP contribution in [0.4, 0.5) is 0 Å². The molecule has 0 spiro atoms. The van der Waals surface area contributed by atoms with E-state index >= 15 is 0 Å². The van der Waals surface area contributed by atoms with Crippen LogP contribution in [-0.2, 0) is 0 Å². The van der Waals surface area contributed by atoms with E-state index in [-0.39, 0.29) is 0 Å². The molecule has 0 unspecified atom stereocenters. The lowest BCUT2D eigenvalue weighted by Gasteiger charge is -1.98. The molecule has 1 aromatic heterocycles. The molecule has 90 valence electrons. The number of hydrogen-bond acceptors (Lipinski definition) is 2. The second kappa shape index (κ2) is 4.30. The molecule has 0 aliphatic rings. The number of benzene rings is 2. The molecule has 3 aromatic rings. The van der Waals surface area contributed by atoms with E-state index in [0.717, 1.165) is 11.1 Å². The molecule has 0 atom stereocenters. The smallest absolute Gasteiger partial charge is 0.227 e. The molecule has 2 nitrogen and oxygen atoms in total. The van der Waals surface area contributed by atoms with Crippen LogP contribution in [0.3, 0.4) is 0 Å². The Morgan fingerprint density at radius 2 is 1.89 bits per heavy atom. The summed E-state index contributed by atoms with van der Waals surface area (Å²) in [6.07, 6.45) is 0. The maximum Gasteiger partial charge on any atom is 0.227 e. The summed E-state index contributed by atoms with van der Waals surface area (Å²) in [6.45, 7) is 2.01. The van der Waals surface area contributed by atoms with Gasteiger partial charge in [-0.2, -0.15) is 0 Å². The third kappa shape index (κ3) is 1.88. The van der Waals surface area contributed by atoms with Gasteiger partial charge in [-0.15, -0.1) is 0 Å². The number of fused-ring (bicyclic) bond motifs is 1. The van der Waals surface area contributed by atoms with Crippen LogP contribution in [0.1, 0.15) is 5.56 Å². The first-order chi connectivity index (χ1) is 8.65. The summed E-state index contributed by atoms with van der Waals surface area (Å²) in [5, 5.41) is 1.03. The monoisotopic (exact) mass is 277 g/mol. The average molecular weight is 278 g/mol. The molecule has 0 N–H and O–H groups in total. The molecule has 0 saturated heterocycles. The summed E-state index contributed by atoms with van der Waals surface area (Å²) in [6, 6.07) is 11.3. The van der Waals surface area contributed by atoms with Crippen molar-refractivity contribution in [1.82, 2.24) is 4.98 Å². The van der Waals surface area contributed by atoms with Crippen molar-refractivity contribution in [3.05, 3.63) is 52.0 Å². The molecule has 4 heteroatoms. The predicted octanol–water partition coefficient (Wildman–Crippen LogP) is 5.11. The van der Waals surface area contributed by atoms with Crippen molar-refractivity contribution in [2.75, 3.05) is 0 Å². The first-order valence-electron chi connectivity index (χ1n) is 5.47.